The number of anilines is 1. The van der Waals surface area contributed by atoms with Crippen LogP contribution in [0.5, 0.6) is 0 Å². The molecule has 2 rings (SSSR count). The van der Waals surface area contributed by atoms with Crippen LogP contribution < -0.4 is 5.32 Å². The summed E-state index contributed by atoms with van der Waals surface area (Å²) >= 11 is 4.87. The summed E-state index contributed by atoms with van der Waals surface area (Å²) in [5.74, 6) is 0.127. The van der Waals surface area contributed by atoms with Crippen LogP contribution in [0.2, 0.25) is 0 Å². The summed E-state index contributed by atoms with van der Waals surface area (Å²) in [6.45, 7) is 4.06. The van der Waals surface area contributed by atoms with Crippen LogP contribution in [0.3, 0.4) is 0 Å². The number of halogens is 1. The molecule has 0 saturated carbocycles. The quantitative estimate of drug-likeness (QED) is 0.827. The first-order valence-corrected chi connectivity index (χ1v) is 8.33. The highest BCUT2D eigenvalue weighted by Crippen LogP contribution is 2.26. The van der Waals surface area contributed by atoms with Crippen molar-refractivity contribution in [3.8, 4) is 11.3 Å². The normalized spacial score (nSPS) is 10.8. The molecule has 1 amide bonds. The van der Waals surface area contributed by atoms with Crippen LogP contribution in [-0.4, -0.2) is 10.9 Å². The van der Waals surface area contributed by atoms with Gasteiger partial charge in [0.05, 0.1) is 5.69 Å². The number of hydrogen-bond acceptors (Lipinski definition) is 3. The first-order chi connectivity index (χ1) is 9.63. The maximum atomic E-state index is 12.0. The van der Waals surface area contributed by atoms with Crippen molar-refractivity contribution in [2.45, 2.75) is 26.7 Å². The molecule has 0 aliphatic carbocycles. The summed E-state index contributed by atoms with van der Waals surface area (Å²) in [6, 6.07) is 7.98. The molecule has 1 heterocycles. The fourth-order valence-corrected chi connectivity index (χ4v) is 2.94. The predicted molar refractivity (Wildman–Crippen MR) is 88.0 cm³/mol. The van der Waals surface area contributed by atoms with Gasteiger partial charge in [-0.3, -0.25) is 4.79 Å². The zero-order valence-electron chi connectivity index (χ0n) is 11.5. The molecule has 1 N–H and O–H groups in total. The lowest BCUT2D eigenvalue weighted by Gasteiger charge is -2.10. The van der Waals surface area contributed by atoms with Gasteiger partial charge in [0.15, 0.2) is 5.13 Å². The Balaban J connectivity index is 2.09. The van der Waals surface area contributed by atoms with E-state index in [0.717, 1.165) is 28.6 Å². The van der Waals surface area contributed by atoms with Gasteiger partial charge in [0.25, 0.3) is 0 Å². The Kier molecular flexibility index (Phi) is 5.31. The molecule has 0 fully saturated rings. The summed E-state index contributed by atoms with van der Waals surface area (Å²) < 4.78 is 1.04. The van der Waals surface area contributed by atoms with Gasteiger partial charge < -0.3 is 5.32 Å². The summed E-state index contributed by atoms with van der Waals surface area (Å²) in [6.07, 6.45) is 1.71. The lowest BCUT2D eigenvalue weighted by molar-refractivity contribution is -0.120. The highest BCUT2D eigenvalue weighted by molar-refractivity contribution is 9.10. The van der Waals surface area contributed by atoms with Gasteiger partial charge in [0, 0.05) is 21.3 Å². The molecule has 1 aromatic heterocycles. The number of nitrogens with zero attached hydrogens (tertiary/aromatic N) is 1. The second-order valence-electron chi connectivity index (χ2n) is 4.55. The van der Waals surface area contributed by atoms with Gasteiger partial charge >= 0.3 is 0 Å². The van der Waals surface area contributed by atoms with Crippen LogP contribution in [0.15, 0.2) is 34.1 Å². The largest absolute Gasteiger partial charge is 0.302 e. The summed E-state index contributed by atoms with van der Waals surface area (Å²) in [5, 5.41) is 5.54. The van der Waals surface area contributed by atoms with Crippen molar-refractivity contribution >= 4 is 38.3 Å². The highest BCUT2D eigenvalue weighted by Gasteiger charge is 2.15. The molecule has 0 atom stereocenters. The molecule has 1 aromatic carbocycles. The zero-order chi connectivity index (χ0) is 14.5. The van der Waals surface area contributed by atoms with Crippen molar-refractivity contribution < 1.29 is 4.79 Å². The van der Waals surface area contributed by atoms with Crippen LogP contribution >= 0.6 is 27.3 Å². The Morgan fingerprint density at radius 1 is 1.30 bits per heavy atom. The van der Waals surface area contributed by atoms with Crippen LogP contribution in [0, 0.1) is 5.92 Å². The van der Waals surface area contributed by atoms with E-state index < -0.39 is 0 Å². The molecule has 0 spiro atoms. The van der Waals surface area contributed by atoms with E-state index in [4.69, 9.17) is 0 Å². The molecule has 106 valence electrons. The van der Waals surface area contributed by atoms with Crippen molar-refractivity contribution in [2.75, 3.05) is 5.32 Å². The molecule has 2 aromatic rings. The van der Waals surface area contributed by atoms with Crippen LogP contribution in [0.1, 0.15) is 26.7 Å². The molecular weight excluding hydrogens is 336 g/mol. The van der Waals surface area contributed by atoms with E-state index in [1.165, 1.54) is 11.3 Å². The van der Waals surface area contributed by atoms with Gasteiger partial charge in [-0.2, -0.15) is 0 Å². The minimum atomic E-state index is 0.0618. The molecule has 0 aliphatic heterocycles. The number of hydrogen-bond donors (Lipinski definition) is 1. The Hall–Kier alpha value is -1.20. The lowest BCUT2D eigenvalue weighted by atomic mass is 10.0. The van der Waals surface area contributed by atoms with E-state index in [1.54, 1.807) is 0 Å². The zero-order valence-corrected chi connectivity index (χ0v) is 13.9. The monoisotopic (exact) mass is 352 g/mol. The smallest absolute Gasteiger partial charge is 0.229 e. The van der Waals surface area contributed by atoms with E-state index in [1.807, 2.05) is 43.5 Å². The Labute approximate surface area is 131 Å². The first-order valence-electron chi connectivity index (χ1n) is 6.66. The number of benzene rings is 1. The number of nitrogens with one attached hydrogen (secondary N) is 1. The molecule has 0 unspecified atom stereocenters. The van der Waals surface area contributed by atoms with E-state index in [0.29, 0.717) is 5.13 Å². The maximum Gasteiger partial charge on any atom is 0.229 e. The van der Waals surface area contributed by atoms with Gasteiger partial charge in [0.1, 0.15) is 0 Å². The number of aromatic nitrogens is 1. The molecular formula is C15H17BrN2OS. The highest BCUT2D eigenvalue weighted by atomic mass is 79.9. The number of thiazole rings is 1. The van der Waals surface area contributed by atoms with Crippen LogP contribution in [0.4, 0.5) is 5.13 Å². The maximum absolute atomic E-state index is 12.0. The Morgan fingerprint density at radius 2 is 1.95 bits per heavy atom. The van der Waals surface area contributed by atoms with E-state index >= 15 is 0 Å². The summed E-state index contributed by atoms with van der Waals surface area (Å²) in [4.78, 5) is 16.5. The second kappa shape index (κ2) is 6.99. The van der Waals surface area contributed by atoms with E-state index in [9.17, 15) is 4.79 Å². The molecule has 0 saturated heterocycles. The third kappa shape index (κ3) is 3.67. The number of rotatable bonds is 5. The molecule has 20 heavy (non-hydrogen) atoms. The molecule has 5 heteroatoms. The minimum absolute atomic E-state index is 0.0618. The number of carbonyl (C=O) groups excluding carboxylic acids is 1. The molecule has 3 nitrogen and oxygen atoms in total. The van der Waals surface area contributed by atoms with Crippen LogP contribution in [0.25, 0.3) is 11.3 Å². The molecule has 0 bridgehead atoms. The third-order valence-corrected chi connectivity index (χ3v) is 4.52. The SMILES string of the molecule is CCC(CC)C(=O)Nc1nc(-c2ccc(Br)cc2)cs1. The van der Waals surface area contributed by atoms with Crippen molar-refractivity contribution in [3.63, 3.8) is 0 Å². The van der Waals surface area contributed by atoms with Crippen molar-refractivity contribution in [2.24, 2.45) is 5.92 Å². The standard InChI is InChI=1S/C15H17BrN2OS/c1-3-10(4-2)14(19)18-15-17-13(9-20-15)11-5-7-12(16)8-6-11/h5-10H,3-4H2,1-2H3,(H,17,18,19). The van der Waals surface area contributed by atoms with E-state index in [2.05, 4.69) is 26.2 Å². The Bertz CT molecular complexity index is 576. The van der Waals surface area contributed by atoms with Crippen LogP contribution in [-0.2, 0) is 4.79 Å². The van der Waals surface area contributed by atoms with Crippen molar-refractivity contribution in [3.05, 3.63) is 34.1 Å². The summed E-state index contributed by atoms with van der Waals surface area (Å²) in [5.41, 5.74) is 1.94. The van der Waals surface area contributed by atoms with Gasteiger partial charge in [-0.15, -0.1) is 11.3 Å². The average Bonchev–Trinajstić information content (AvgIpc) is 2.89. The fraction of sp³-hybridized carbons (Fsp3) is 0.333. The fourth-order valence-electron chi connectivity index (χ4n) is 1.95. The minimum Gasteiger partial charge on any atom is -0.302 e. The topological polar surface area (TPSA) is 42.0 Å². The summed E-state index contributed by atoms with van der Waals surface area (Å²) in [7, 11) is 0. The van der Waals surface area contributed by atoms with Gasteiger partial charge in [-0.05, 0) is 25.0 Å². The number of carbonyl (C=O) groups is 1. The molecule has 0 aliphatic rings. The van der Waals surface area contributed by atoms with Gasteiger partial charge in [0.2, 0.25) is 5.91 Å². The van der Waals surface area contributed by atoms with Crippen molar-refractivity contribution in [1.29, 1.82) is 0 Å². The van der Waals surface area contributed by atoms with Gasteiger partial charge in [-0.25, -0.2) is 4.98 Å². The van der Waals surface area contributed by atoms with E-state index in [-0.39, 0.29) is 11.8 Å². The molecule has 0 radical (unpaired) electrons. The lowest BCUT2D eigenvalue weighted by Crippen LogP contribution is -2.21. The Morgan fingerprint density at radius 3 is 2.55 bits per heavy atom. The third-order valence-electron chi connectivity index (χ3n) is 3.23. The van der Waals surface area contributed by atoms with Gasteiger partial charge in [-0.1, -0.05) is 41.9 Å². The average molecular weight is 353 g/mol. The second-order valence-corrected chi connectivity index (χ2v) is 6.32. The van der Waals surface area contributed by atoms with Crippen molar-refractivity contribution in [1.82, 2.24) is 4.98 Å². The predicted octanol–water partition coefficient (Wildman–Crippen LogP) is 4.95. The first kappa shape index (κ1) is 15.2. The number of amides is 1.